The summed E-state index contributed by atoms with van der Waals surface area (Å²) in [5.41, 5.74) is 0. The number of aliphatic hydroxyl groups is 2. The fraction of sp³-hybridized carbons (Fsp3) is 0.860. The van der Waals surface area contributed by atoms with Gasteiger partial charge in [-0.3, -0.25) is 32.8 Å². The summed E-state index contributed by atoms with van der Waals surface area (Å²) in [4.78, 5) is 72.4. The van der Waals surface area contributed by atoms with Crippen LogP contribution in [0.25, 0.3) is 0 Å². The minimum Gasteiger partial charge on any atom is -0.756 e. The van der Waals surface area contributed by atoms with E-state index in [-0.39, 0.29) is 45.5 Å². The lowest BCUT2D eigenvalue weighted by Gasteiger charge is -2.28. The molecule has 0 aromatic heterocycles. The molecule has 630 valence electrons. The molecule has 0 saturated heterocycles. The summed E-state index contributed by atoms with van der Waals surface area (Å²) < 4.78 is 66.5. The molecule has 0 heterocycles. The van der Waals surface area contributed by atoms with Gasteiger partial charge in [-0.25, -0.2) is 4.57 Å². The number of hydrogen-bond acceptors (Lipinski definition) is 17. The number of phosphoric acid groups is 2. The Morgan fingerprint density at radius 3 is 0.860 bits per heavy atom. The van der Waals surface area contributed by atoms with Crippen molar-refractivity contribution in [3.05, 3.63) is 48.6 Å². The number of ether oxygens (including phenoxy) is 4. The molecule has 4 unspecified atom stereocenters. The Bertz CT molecular complexity index is 2220. The number of hydrogen-bond donors (Lipinski definition) is 3. The number of carbonyl (C=O) groups is 4. The zero-order valence-corrected chi connectivity index (χ0v) is 71.2. The van der Waals surface area contributed by atoms with Crippen LogP contribution in [0.3, 0.4) is 0 Å². The quantitative estimate of drug-likeness (QED) is 0.0128. The van der Waals surface area contributed by atoms with E-state index in [9.17, 15) is 43.2 Å². The van der Waals surface area contributed by atoms with E-state index < -0.39 is 84.3 Å². The van der Waals surface area contributed by atoms with Crippen molar-refractivity contribution in [1.29, 1.82) is 0 Å². The third-order valence-electron chi connectivity index (χ3n) is 18.5. The normalized spacial score (nSPS) is 14.0. The van der Waals surface area contributed by atoms with Crippen LogP contribution in [0.2, 0.25) is 0 Å². The lowest BCUT2D eigenvalue weighted by Crippen LogP contribution is -2.37. The summed E-state index contributed by atoms with van der Waals surface area (Å²) >= 11 is 0. The van der Waals surface area contributed by atoms with Crippen molar-refractivity contribution in [1.82, 2.24) is 0 Å². The Labute approximate surface area is 654 Å². The van der Waals surface area contributed by atoms with Crippen LogP contribution in [-0.4, -0.2) is 136 Å². The van der Waals surface area contributed by atoms with Gasteiger partial charge >= 0.3 is 31.7 Å². The average Bonchev–Trinajstić information content (AvgIpc) is 1.16. The first-order valence-electron chi connectivity index (χ1n) is 43.3. The van der Waals surface area contributed by atoms with Crippen molar-refractivity contribution in [3.63, 3.8) is 0 Å². The minimum atomic E-state index is -4.62. The van der Waals surface area contributed by atoms with E-state index in [1.807, 2.05) is 21.1 Å². The number of phosphoric ester groups is 2. The molecule has 0 rings (SSSR count). The summed E-state index contributed by atoms with van der Waals surface area (Å²) in [5.74, 6) is -1.79. The molecule has 3 N–H and O–H groups in total. The van der Waals surface area contributed by atoms with Crippen LogP contribution < -0.4 is 4.89 Å². The molecular formula is C86H163NO18P2. The number of rotatable bonds is 80. The number of carbonyl (C=O) groups excluding carboxylic acids is 4. The second kappa shape index (κ2) is 79.6. The molecule has 21 heteroatoms. The van der Waals surface area contributed by atoms with Gasteiger partial charge < -0.3 is 52.5 Å². The predicted octanol–water partition coefficient (Wildman–Crippen LogP) is 22.7. The fourth-order valence-corrected chi connectivity index (χ4v) is 13.2. The summed E-state index contributed by atoms with van der Waals surface area (Å²) in [7, 11) is -3.46. The summed E-state index contributed by atoms with van der Waals surface area (Å²) in [6.07, 6.45) is 76.2. The first kappa shape index (κ1) is 106. The monoisotopic (exact) mass is 1560 g/mol. The molecule has 0 spiro atoms. The molecule has 0 aromatic carbocycles. The molecular weight excluding hydrogens is 1400 g/mol. The first-order valence-corrected chi connectivity index (χ1v) is 46.3. The van der Waals surface area contributed by atoms with E-state index in [1.54, 1.807) is 0 Å². The summed E-state index contributed by atoms with van der Waals surface area (Å²) in [6.45, 7) is 6.56. The maximum Gasteiger partial charge on any atom is 0.472 e. The van der Waals surface area contributed by atoms with Crippen LogP contribution >= 0.6 is 15.6 Å². The van der Waals surface area contributed by atoms with Gasteiger partial charge in [-0.1, -0.05) is 282 Å². The summed E-state index contributed by atoms with van der Waals surface area (Å²) in [6, 6.07) is 0. The molecule has 0 saturated carbocycles. The predicted molar refractivity (Wildman–Crippen MR) is 437 cm³/mol. The Morgan fingerprint density at radius 2 is 0.589 bits per heavy atom. The second-order valence-corrected chi connectivity index (χ2v) is 33.3. The number of allylic oxidation sites excluding steroid dienone is 8. The van der Waals surface area contributed by atoms with Crippen molar-refractivity contribution in [3.8, 4) is 0 Å². The highest BCUT2D eigenvalue weighted by Gasteiger charge is 2.28. The Balaban J connectivity index is 0. The number of nitrogens with zero attached hydrogens (tertiary/aromatic N) is 1. The molecule has 19 nitrogen and oxygen atoms in total. The molecule has 0 radical (unpaired) electrons. The maximum atomic E-state index is 12.7. The van der Waals surface area contributed by atoms with Crippen LogP contribution in [0.1, 0.15) is 387 Å². The van der Waals surface area contributed by atoms with Crippen molar-refractivity contribution in [2.24, 2.45) is 0 Å². The second-order valence-electron chi connectivity index (χ2n) is 30.4. The highest BCUT2D eigenvalue weighted by Crippen LogP contribution is 2.43. The summed E-state index contributed by atoms with van der Waals surface area (Å²) in [5, 5.41) is 18.3. The van der Waals surface area contributed by atoms with E-state index in [4.69, 9.17) is 37.6 Å². The van der Waals surface area contributed by atoms with E-state index in [2.05, 4.69) is 80.8 Å². The SMILES string of the molecule is CCCCCCCC/C=C\CCCCCCCC(=O)OC[C@H](COP(=O)([O-])OCC[N+](C)(C)C)OC(=O)CCCCCCC/C=C\CCCCCCCC.CCCCCCCCC=CCCCCCCCC(=O)OCC(COP(=O)(O)OCC(O)CO)OC(=O)CCCCCCCC=CCCCCCCCC. The van der Waals surface area contributed by atoms with Crippen LogP contribution in [0.15, 0.2) is 48.6 Å². The van der Waals surface area contributed by atoms with Crippen molar-refractivity contribution in [2.45, 2.75) is 406 Å². The lowest BCUT2D eigenvalue weighted by atomic mass is 10.1. The highest BCUT2D eigenvalue weighted by molar-refractivity contribution is 7.47. The number of esters is 4. The fourth-order valence-electron chi connectivity index (χ4n) is 11.7. The van der Waals surface area contributed by atoms with Crippen molar-refractivity contribution in [2.75, 3.05) is 73.9 Å². The van der Waals surface area contributed by atoms with Gasteiger partial charge in [-0.15, -0.1) is 0 Å². The van der Waals surface area contributed by atoms with Gasteiger partial charge in [0, 0.05) is 25.7 Å². The molecule has 0 aliphatic rings. The highest BCUT2D eigenvalue weighted by atomic mass is 31.2. The zero-order valence-electron chi connectivity index (χ0n) is 69.4. The number of quaternary nitrogens is 1. The zero-order chi connectivity index (χ0) is 79.1. The van der Waals surface area contributed by atoms with Crippen molar-refractivity contribution < 1.29 is 89.8 Å². The smallest absolute Gasteiger partial charge is 0.472 e. The largest absolute Gasteiger partial charge is 0.756 e. The lowest BCUT2D eigenvalue weighted by molar-refractivity contribution is -0.870. The molecule has 5 atom stereocenters. The van der Waals surface area contributed by atoms with Gasteiger partial charge in [0.15, 0.2) is 12.2 Å². The Hall–Kier alpha value is -3.06. The van der Waals surface area contributed by atoms with E-state index in [0.717, 1.165) is 141 Å². The van der Waals surface area contributed by atoms with E-state index in [1.165, 1.54) is 173 Å². The molecule has 0 fully saturated rings. The molecule has 0 bridgehead atoms. The van der Waals surface area contributed by atoms with Crippen LogP contribution in [0.5, 0.6) is 0 Å². The van der Waals surface area contributed by atoms with Gasteiger partial charge in [-0.2, -0.15) is 0 Å². The van der Waals surface area contributed by atoms with E-state index >= 15 is 0 Å². The first-order chi connectivity index (χ1) is 51.7. The van der Waals surface area contributed by atoms with Crippen LogP contribution in [0, 0.1) is 0 Å². The van der Waals surface area contributed by atoms with Gasteiger partial charge in [0.25, 0.3) is 7.82 Å². The molecule has 0 amide bonds. The van der Waals surface area contributed by atoms with Crippen molar-refractivity contribution >= 4 is 39.5 Å². The van der Waals surface area contributed by atoms with E-state index in [0.29, 0.717) is 30.3 Å². The molecule has 0 aliphatic heterocycles. The molecule has 0 aliphatic carbocycles. The topological polar surface area (TPSA) is 260 Å². The van der Waals surface area contributed by atoms with Gasteiger partial charge in [0.1, 0.15) is 32.5 Å². The third kappa shape index (κ3) is 85.2. The molecule has 107 heavy (non-hydrogen) atoms. The minimum absolute atomic E-state index is 0.0326. The standard InChI is InChI=1S/C44H84NO8P.C42H79O10P/c1-6-8-10-12-14-16-18-20-22-24-26-28-30-32-34-36-43(46)50-40-42(41-52-54(48,49)51-39-38-45(3,4)5)53-44(47)37-35-33-31-29-27-25-23-21-19-17-15-13-11-9-7-2;1-3-5-7-9-11-13-15-17-19-21-23-25-27-29-31-33-41(45)49-37-40(38-51-53(47,48)50-36-39(44)35-43)52-42(46)34-32-30-28-26-24-22-20-18-16-14-12-10-8-6-4-2/h20-23,42H,6-19,24-41H2,1-5H3;17-20,39-40,43-44H,3-16,21-38H2,1-2H3,(H,47,48)/b22-20-,23-21-;/t42-;/m1./s1. The number of aliphatic hydroxyl groups excluding tert-OH is 2. The number of unbranched alkanes of at least 4 members (excludes halogenated alkanes) is 44. The van der Waals surface area contributed by atoms with Gasteiger partial charge in [-0.05, 0) is 128 Å². The van der Waals surface area contributed by atoms with Crippen LogP contribution in [-0.2, 0) is 65.4 Å². The van der Waals surface area contributed by atoms with Crippen LogP contribution in [0.4, 0.5) is 0 Å². The van der Waals surface area contributed by atoms with Gasteiger partial charge in [0.05, 0.1) is 47.6 Å². The molecule has 0 aromatic rings. The number of likely N-dealkylation sites (N-methyl/N-ethyl adjacent to an activating group) is 1. The maximum absolute atomic E-state index is 12.7. The Morgan fingerprint density at radius 1 is 0.346 bits per heavy atom. The Kier molecular flexibility index (Phi) is 78.8. The third-order valence-corrected chi connectivity index (χ3v) is 20.4. The average molecular weight is 1560 g/mol. The van der Waals surface area contributed by atoms with Gasteiger partial charge in [0.2, 0.25) is 0 Å².